The van der Waals surface area contributed by atoms with E-state index in [0.29, 0.717) is 23.5 Å². The zero-order valence-corrected chi connectivity index (χ0v) is 9.28. The Bertz CT molecular complexity index is 364. The molecule has 0 unspecified atom stereocenters. The van der Waals surface area contributed by atoms with E-state index in [1.54, 1.807) is 37.3 Å². The Morgan fingerprint density at radius 3 is 2.67 bits per heavy atom. The van der Waals surface area contributed by atoms with Crippen molar-refractivity contribution in [1.29, 1.82) is 0 Å². The van der Waals surface area contributed by atoms with Crippen LogP contribution in [-0.2, 0) is 0 Å². The van der Waals surface area contributed by atoms with Gasteiger partial charge in [0, 0.05) is 30.9 Å². The Morgan fingerprint density at radius 1 is 1.47 bits per heavy atom. The molecular formula is C11H16N2O2. The van der Waals surface area contributed by atoms with Crippen LogP contribution in [0.4, 0.5) is 5.69 Å². The fourth-order valence-corrected chi connectivity index (χ4v) is 1.23. The molecule has 15 heavy (non-hydrogen) atoms. The fraction of sp³-hybridized carbons (Fsp3) is 0.364. The Hall–Kier alpha value is -1.71. The van der Waals surface area contributed by atoms with Crippen molar-refractivity contribution in [3.63, 3.8) is 0 Å². The number of benzene rings is 1. The number of nitrogens with two attached hydrogens (primary N) is 1. The maximum absolute atomic E-state index is 11.8. The molecule has 0 aliphatic heterocycles. The average Bonchev–Trinajstić information content (AvgIpc) is 2.26. The summed E-state index contributed by atoms with van der Waals surface area (Å²) in [6.07, 6.45) is 0. The molecule has 1 aromatic carbocycles. The number of carbonyl (C=O) groups excluding carboxylic acids is 1. The highest BCUT2D eigenvalue weighted by atomic mass is 16.5. The van der Waals surface area contributed by atoms with E-state index in [-0.39, 0.29) is 5.91 Å². The number of methoxy groups -OCH3 is 1. The molecule has 1 aromatic rings. The third-order valence-corrected chi connectivity index (χ3v) is 2.23. The van der Waals surface area contributed by atoms with E-state index in [1.165, 1.54) is 0 Å². The highest BCUT2D eigenvalue weighted by molar-refractivity contribution is 5.95. The molecule has 0 saturated carbocycles. The third kappa shape index (κ3) is 2.62. The van der Waals surface area contributed by atoms with Crippen molar-refractivity contribution in [3.05, 3.63) is 23.8 Å². The lowest BCUT2D eigenvalue weighted by atomic mass is 10.1. The molecule has 0 aliphatic carbocycles. The van der Waals surface area contributed by atoms with E-state index in [9.17, 15) is 4.79 Å². The quantitative estimate of drug-likeness (QED) is 0.763. The fourth-order valence-electron chi connectivity index (χ4n) is 1.23. The van der Waals surface area contributed by atoms with Gasteiger partial charge in [-0.3, -0.25) is 4.79 Å². The third-order valence-electron chi connectivity index (χ3n) is 2.23. The Kier molecular flexibility index (Phi) is 3.55. The van der Waals surface area contributed by atoms with Gasteiger partial charge in [-0.1, -0.05) is 0 Å². The van der Waals surface area contributed by atoms with Gasteiger partial charge in [-0.25, -0.2) is 0 Å². The molecule has 0 spiro atoms. The van der Waals surface area contributed by atoms with E-state index >= 15 is 0 Å². The number of hydrogen-bond acceptors (Lipinski definition) is 3. The molecule has 0 saturated heterocycles. The highest BCUT2D eigenvalue weighted by Crippen LogP contribution is 2.19. The lowest BCUT2D eigenvalue weighted by Gasteiger charge is -2.15. The average molecular weight is 208 g/mol. The Morgan fingerprint density at radius 2 is 2.13 bits per heavy atom. The molecule has 4 heteroatoms. The summed E-state index contributed by atoms with van der Waals surface area (Å²) >= 11 is 0. The minimum atomic E-state index is -0.0527. The Labute approximate surface area is 89.6 Å². The first kappa shape index (κ1) is 11.4. The maximum Gasteiger partial charge on any atom is 0.253 e. The van der Waals surface area contributed by atoms with Crippen LogP contribution in [0.2, 0.25) is 0 Å². The summed E-state index contributed by atoms with van der Waals surface area (Å²) in [4.78, 5) is 13.4. The number of rotatable bonds is 3. The van der Waals surface area contributed by atoms with Gasteiger partial charge in [0.2, 0.25) is 0 Å². The minimum Gasteiger partial charge on any atom is -0.497 e. The SMILES string of the molecule is CCN(C)C(=O)c1cc(N)cc(OC)c1. The van der Waals surface area contributed by atoms with Crippen LogP contribution in [0.15, 0.2) is 18.2 Å². The predicted molar refractivity (Wildman–Crippen MR) is 60.0 cm³/mol. The summed E-state index contributed by atoms with van der Waals surface area (Å²) in [7, 11) is 3.30. The molecule has 82 valence electrons. The highest BCUT2D eigenvalue weighted by Gasteiger charge is 2.11. The molecule has 4 nitrogen and oxygen atoms in total. The predicted octanol–water partition coefficient (Wildman–Crippen LogP) is 1.37. The largest absolute Gasteiger partial charge is 0.497 e. The second-order valence-corrected chi connectivity index (χ2v) is 3.31. The van der Waals surface area contributed by atoms with Crippen LogP contribution >= 0.6 is 0 Å². The van der Waals surface area contributed by atoms with Crippen LogP contribution in [0.3, 0.4) is 0 Å². The van der Waals surface area contributed by atoms with Gasteiger partial charge in [0.05, 0.1) is 7.11 Å². The summed E-state index contributed by atoms with van der Waals surface area (Å²) in [5.74, 6) is 0.547. The Balaban J connectivity index is 3.03. The smallest absolute Gasteiger partial charge is 0.253 e. The van der Waals surface area contributed by atoms with Crippen molar-refractivity contribution in [1.82, 2.24) is 4.90 Å². The van der Waals surface area contributed by atoms with Gasteiger partial charge in [0.1, 0.15) is 5.75 Å². The van der Waals surface area contributed by atoms with Gasteiger partial charge >= 0.3 is 0 Å². The summed E-state index contributed by atoms with van der Waals surface area (Å²) in [6, 6.07) is 5.02. The van der Waals surface area contributed by atoms with Gasteiger partial charge in [0.15, 0.2) is 0 Å². The molecule has 2 N–H and O–H groups in total. The van der Waals surface area contributed by atoms with Crippen LogP contribution in [0.25, 0.3) is 0 Å². The maximum atomic E-state index is 11.8. The van der Waals surface area contributed by atoms with Crippen LogP contribution in [0.5, 0.6) is 5.75 Å². The van der Waals surface area contributed by atoms with Crippen molar-refractivity contribution >= 4 is 11.6 Å². The van der Waals surface area contributed by atoms with Crippen molar-refractivity contribution in [2.24, 2.45) is 0 Å². The number of nitrogens with zero attached hydrogens (tertiary/aromatic N) is 1. The van der Waals surface area contributed by atoms with Crippen molar-refractivity contribution in [3.8, 4) is 5.75 Å². The first-order chi connectivity index (χ1) is 7.08. The number of anilines is 1. The van der Waals surface area contributed by atoms with Crippen molar-refractivity contribution in [2.45, 2.75) is 6.92 Å². The molecule has 0 atom stereocenters. The lowest BCUT2D eigenvalue weighted by molar-refractivity contribution is 0.0802. The lowest BCUT2D eigenvalue weighted by Crippen LogP contribution is -2.26. The second-order valence-electron chi connectivity index (χ2n) is 3.31. The molecule has 0 heterocycles. The topological polar surface area (TPSA) is 55.6 Å². The number of nitrogen functional groups attached to an aromatic ring is 1. The molecule has 0 radical (unpaired) electrons. The first-order valence-corrected chi connectivity index (χ1v) is 4.78. The zero-order chi connectivity index (χ0) is 11.4. The minimum absolute atomic E-state index is 0.0527. The summed E-state index contributed by atoms with van der Waals surface area (Å²) in [5, 5.41) is 0. The van der Waals surface area contributed by atoms with Gasteiger partial charge < -0.3 is 15.4 Å². The number of hydrogen-bond donors (Lipinski definition) is 1. The molecule has 0 aliphatic rings. The van der Waals surface area contributed by atoms with E-state index in [4.69, 9.17) is 10.5 Å². The summed E-state index contributed by atoms with van der Waals surface area (Å²) in [5.41, 5.74) is 6.75. The van der Waals surface area contributed by atoms with Crippen LogP contribution in [0.1, 0.15) is 17.3 Å². The van der Waals surface area contributed by atoms with Crippen LogP contribution in [-0.4, -0.2) is 31.5 Å². The van der Waals surface area contributed by atoms with Crippen molar-refractivity contribution < 1.29 is 9.53 Å². The molecule has 0 fully saturated rings. The number of ether oxygens (including phenoxy) is 1. The molecule has 1 amide bonds. The summed E-state index contributed by atoms with van der Waals surface area (Å²) in [6.45, 7) is 2.58. The normalized spacial score (nSPS) is 9.80. The molecular weight excluding hydrogens is 192 g/mol. The standard InChI is InChI=1S/C11H16N2O2/c1-4-13(2)11(14)8-5-9(12)7-10(6-8)15-3/h5-7H,4,12H2,1-3H3. The second kappa shape index (κ2) is 4.68. The van der Waals surface area contributed by atoms with Gasteiger partial charge in [-0.2, -0.15) is 0 Å². The number of carbonyl (C=O) groups is 1. The van der Waals surface area contributed by atoms with Crippen LogP contribution < -0.4 is 10.5 Å². The van der Waals surface area contributed by atoms with Crippen LogP contribution in [0, 0.1) is 0 Å². The number of amides is 1. The monoisotopic (exact) mass is 208 g/mol. The van der Waals surface area contributed by atoms with Gasteiger partial charge in [-0.05, 0) is 19.1 Å². The van der Waals surface area contributed by atoms with E-state index in [2.05, 4.69) is 0 Å². The first-order valence-electron chi connectivity index (χ1n) is 4.78. The molecule has 0 bridgehead atoms. The zero-order valence-electron chi connectivity index (χ0n) is 9.28. The van der Waals surface area contributed by atoms with Gasteiger partial charge in [-0.15, -0.1) is 0 Å². The molecule has 1 rings (SSSR count). The van der Waals surface area contributed by atoms with E-state index in [1.807, 2.05) is 6.92 Å². The molecule has 0 aromatic heterocycles. The van der Waals surface area contributed by atoms with E-state index < -0.39 is 0 Å². The summed E-state index contributed by atoms with van der Waals surface area (Å²) < 4.78 is 5.05. The van der Waals surface area contributed by atoms with Crippen molar-refractivity contribution in [2.75, 3.05) is 26.4 Å². The van der Waals surface area contributed by atoms with Gasteiger partial charge in [0.25, 0.3) is 5.91 Å². The van der Waals surface area contributed by atoms with E-state index in [0.717, 1.165) is 0 Å².